The third-order valence-corrected chi connectivity index (χ3v) is 4.76. The molecule has 1 aliphatic heterocycles. The van der Waals surface area contributed by atoms with E-state index in [-0.39, 0.29) is 11.8 Å². The third kappa shape index (κ3) is 4.20. The summed E-state index contributed by atoms with van der Waals surface area (Å²) in [5.41, 5.74) is 0. The van der Waals surface area contributed by atoms with Gasteiger partial charge < -0.3 is 10.4 Å². The number of hydrogen-bond donors (Lipinski definition) is 2. The van der Waals surface area contributed by atoms with E-state index < -0.39 is 5.97 Å². The smallest absolute Gasteiger partial charge is 0.306 e. The molecule has 5 nitrogen and oxygen atoms in total. The van der Waals surface area contributed by atoms with E-state index in [0.29, 0.717) is 44.4 Å². The molecule has 0 spiro atoms. The molecule has 0 aromatic heterocycles. The van der Waals surface area contributed by atoms with E-state index in [0.717, 1.165) is 6.42 Å². The lowest BCUT2D eigenvalue weighted by molar-refractivity contribution is -0.143. The number of carboxylic acid groups (broad SMARTS) is 1. The molecule has 2 atom stereocenters. The highest BCUT2D eigenvalue weighted by Gasteiger charge is 2.27. The fourth-order valence-corrected chi connectivity index (χ4v) is 3.32. The number of likely N-dealkylation sites (tertiary alicyclic amines) is 1. The summed E-state index contributed by atoms with van der Waals surface area (Å²) in [6.45, 7) is 4.05. The monoisotopic (exact) mass is 282 g/mol. The molecule has 0 aromatic carbocycles. The van der Waals surface area contributed by atoms with Gasteiger partial charge in [0.2, 0.25) is 5.91 Å². The average Bonchev–Trinajstić information content (AvgIpc) is 2.42. The largest absolute Gasteiger partial charge is 0.481 e. The number of aliphatic carboxylic acids is 1. The molecule has 1 amide bonds. The number of nitrogens with zero attached hydrogens (tertiary/aromatic N) is 1. The Bertz CT molecular complexity index is 351. The molecular formula is C15H26N2O3. The Morgan fingerprint density at radius 3 is 2.40 bits per heavy atom. The SMILES string of the molecule is CC1CCCCC1NC(=O)CN1CCC(C(=O)O)CC1. The first-order valence-corrected chi connectivity index (χ1v) is 7.81. The Hall–Kier alpha value is -1.10. The van der Waals surface area contributed by atoms with Crippen LogP contribution in [0.25, 0.3) is 0 Å². The lowest BCUT2D eigenvalue weighted by Gasteiger charge is -2.32. The Balaban J connectivity index is 1.71. The van der Waals surface area contributed by atoms with Crippen molar-refractivity contribution in [3.63, 3.8) is 0 Å². The number of carbonyl (C=O) groups excluding carboxylic acids is 1. The number of carboxylic acids is 1. The maximum absolute atomic E-state index is 12.1. The molecule has 20 heavy (non-hydrogen) atoms. The number of carbonyl (C=O) groups is 2. The minimum Gasteiger partial charge on any atom is -0.481 e. The summed E-state index contributed by atoms with van der Waals surface area (Å²) in [6.07, 6.45) is 6.09. The number of rotatable bonds is 4. The minimum atomic E-state index is -0.704. The summed E-state index contributed by atoms with van der Waals surface area (Å²) in [7, 11) is 0. The predicted molar refractivity (Wildman–Crippen MR) is 76.4 cm³/mol. The van der Waals surface area contributed by atoms with Gasteiger partial charge >= 0.3 is 5.97 Å². The number of nitrogens with one attached hydrogen (secondary N) is 1. The molecule has 1 saturated carbocycles. The van der Waals surface area contributed by atoms with Crippen molar-refractivity contribution in [3.8, 4) is 0 Å². The maximum atomic E-state index is 12.1. The van der Waals surface area contributed by atoms with E-state index in [1.807, 2.05) is 0 Å². The van der Waals surface area contributed by atoms with Crippen LogP contribution in [0, 0.1) is 11.8 Å². The molecule has 2 N–H and O–H groups in total. The Morgan fingerprint density at radius 2 is 1.80 bits per heavy atom. The second-order valence-corrected chi connectivity index (χ2v) is 6.32. The predicted octanol–water partition coefficient (Wildman–Crippen LogP) is 1.48. The fraction of sp³-hybridized carbons (Fsp3) is 0.867. The average molecular weight is 282 g/mol. The molecular weight excluding hydrogens is 256 g/mol. The van der Waals surface area contributed by atoms with Crippen LogP contribution < -0.4 is 5.32 Å². The highest BCUT2D eigenvalue weighted by atomic mass is 16.4. The zero-order valence-corrected chi connectivity index (χ0v) is 12.3. The molecule has 5 heteroatoms. The van der Waals surface area contributed by atoms with Crippen molar-refractivity contribution in [1.29, 1.82) is 0 Å². The van der Waals surface area contributed by atoms with Crippen LogP contribution in [0.1, 0.15) is 45.4 Å². The van der Waals surface area contributed by atoms with E-state index in [2.05, 4.69) is 17.1 Å². The Kier molecular flexibility index (Phi) is 5.40. The highest BCUT2D eigenvalue weighted by molar-refractivity contribution is 5.78. The van der Waals surface area contributed by atoms with Crippen molar-refractivity contribution in [2.45, 2.75) is 51.5 Å². The minimum absolute atomic E-state index is 0.0949. The molecule has 1 aliphatic carbocycles. The van der Waals surface area contributed by atoms with Crippen molar-refractivity contribution < 1.29 is 14.7 Å². The van der Waals surface area contributed by atoms with Crippen LogP contribution in [-0.2, 0) is 9.59 Å². The molecule has 2 unspecified atom stereocenters. The van der Waals surface area contributed by atoms with Gasteiger partial charge in [0.1, 0.15) is 0 Å². The summed E-state index contributed by atoms with van der Waals surface area (Å²) >= 11 is 0. The quantitative estimate of drug-likeness (QED) is 0.819. The van der Waals surface area contributed by atoms with E-state index in [1.165, 1.54) is 19.3 Å². The summed E-state index contributed by atoms with van der Waals surface area (Å²) in [6, 6.07) is 0.327. The molecule has 1 saturated heterocycles. The molecule has 2 fully saturated rings. The van der Waals surface area contributed by atoms with Gasteiger partial charge in [0.05, 0.1) is 12.5 Å². The van der Waals surface area contributed by atoms with Crippen LogP contribution >= 0.6 is 0 Å². The van der Waals surface area contributed by atoms with Crippen LogP contribution in [0.15, 0.2) is 0 Å². The van der Waals surface area contributed by atoms with Crippen molar-refractivity contribution in [2.75, 3.05) is 19.6 Å². The summed E-state index contributed by atoms with van der Waals surface area (Å²) in [4.78, 5) is 25.0. The molecule has 2 rings (SSSR count). The van der Waals surface area contributed by atoms with E-state index in [1.54, 1.807) is 0 Å². The first-order chi connectivity index (χ1) is 9.56. The molecule has 0 radical (unpaired) electrons. The molecule has 2 aliphatic rings. The normalized spacial score (nSPS) is 29.1. The number of amides is 1. The summed E-state index contributed by atoms with van der Waals surface area (Å²) in [5, 5.41) is 12.1. The maximum Gasteiger partial charge on any atom is 0.306 e. The van der Waals surface area contributed by atoms with Gasteiger partial charge in [-0.2, -0.15) is 0 Å². The van der Waals surface area contributed by atoms with Gasteiger partial charge in [-0.25, -0.2) is 0 Å². The first kappa shape index (κ1) is 15.3. The van der Waals surface area contributed by atoms with Crippen molar-refractivity contribution >= 4 is 11.9 Å². The van der Waals surface area contributed by atoms with Crippen LogP contribution in [-0.4, -0.2) is 47.6 Å². The van der Waals surface area contributed by atoms with Gasteiger partial charge in [-0.3, -0.25) is 14.5 Å². The second kappa shape index (κ2) is 7.07. The zero-order valence-electron chi connectivity index (χ0n) is 12.3. The van der Waals surface area contributed by atoms with Crippen LogP contribution in [0.2, 0.25) is 0 Å². The van der Waals surface area contributed by atoms with Gasteiger partial charge in [-0.15, -0.1) is 0 Å². The van der Waals surface area contributed by atoms with Gasteiger partial charge in [0, 0.05) is 6.04 Å². The van der Waals surface area contributed by atoms with Gasteiger partial charge in [0.15, 0.2) is 0 Å². The number of piperidine rings is 1. The molecule has 114 valence electrons. The molecule has 0 aromatic rings. The van der Waals surface area contributed by atoms with Crippen LogP contribution in [0.4, 0.5) is 0 Å². The molecule has 0 bridgehead atoms. The van der Waals surface area contributed by atoms with E-state index in [4.69, 9.17) is 5.11 Å². The Morgan fingerprint density at radius 1 is 1.15 bits per heavy atom. The van der Waals surface area contributed by atoms with Crippen molar-refractivity contribution in [3.05, 3.63) is 0 Å². The Labute approximate surface area is 120 Å². The van der Waals surface area contributed by atoms with Crippen molar-refractivity contribution in [1.82, 2.24) is 10.2 Å². The van der Waals surface area contributed by atoms with Gasteiger partial charge in [-0.1, -0.05) is 19.8 Å². The topological polar surface area (TPSA) is 69.6 Å². The summed E-state index contributed by atoms with van der Waals surface area (Å²) < 4.78 is 0. The van der Waals surface area contributed by atoms with Gasteiger partial charge in [-0.05, 0) is 44.7 Å². The number of hydrogen-bond acceptors (Lipinski definition) is 3. The second-order valence-electron chi connectivity index (χ2n) is 6.32. The molecule has 1 heterocycles. The first-order valence-electron chi connectivity index (χ1n) is 7.81. The fourth-order valence-electron chi connectivity index (χ4n) is 3.32. The highest BCUT2D eigenvalue weighted by Crippen LogP contribution is 2.23. The van der Waals surface area contributed by atoms with Crippen LogP contribution in [0.5, 0.6) is 0 Å². The lowest BCUT2D eigenvalue weighted by Crippen LogP contribution is -2.47. The van der Waals surface area contributed by atoms with E-state index in [9.17, 15) is 9.59 Å². The summed E-state index contributed by atoms with van der Waals surface area (Å²) in [5.74, 6) is -0.263. The van der Waals surface area contributed by atoms with Crippen LogP contribution in [0.3, 0.4) is 0 Å². The van der Waals surface area contributed by atoms with E-state index >= 15 is 0 Å². The van der Waals surface area contributed by atoms with Gasteiger partial charge in [0.25, 0.3) is 0 Å². The zero-order chi connectivity index (χ0) is 14.5. The standard InChI is InChI=1S/C15H26N2O3/c1-11-4-2-3-5-13(11)16-14(18)10-17-8-6-12(7-9-17)15(19)20/h11-13H,2-10H2,1H3,(H,16,18)(H,19,20). The van der Waals surface area contributed by atoms with Crippen molar-refractivity contribution in [2.24, 2.45) is 11.8 Å². The third-order valence-electron chi connectivity index (χ3n) is 4.76. The lowest BCUT2D eigenvalue weighted by atomic mass is 9.86.